The summed E-state index contributed by atoms with van der Waals surface area (Å²) in [5.41, 5.74) is 1.12. The Bertz CT molecular complexity index is 471. The highest BCUT2D eigenvalue weighted by molar-refractivity contribution is 8.32. The van der Waals surface area contributed by atoms with Gasteiger partial charge in [-0.15, -0.1) is 0 Å². The molecule has 0 spiro atoms. The van der Waals surface area contributed by atoms with Crippen molar-refractivity contribution < 1.29 is 4.79 Å². The van der Waals surface area contributed by atoms with Crippen molar-refractivity contribution in [1.29, 1.82) is 0 Å². The quantitative estimate of drug-likeness (QED) is 0.859. The molecule has 3 nitrogen and oxygen atoms in total. The molecule has 0 aliphatic rings. The number of hydrogen-bond acceptors (Lipinski definition) is 3. The summed E-state index contributed by atoms with van der Waals surface area (Å²) in [6.07, 6.45) is 5.37. The fourth-order valence-corrected chi connectivity index (χ4v) is 2.75. The Morgan fingerprint density at radius 1 is 1.41 bits per heavy atom. The smallest absolute Gasteiger partial charge is 0.243 e. The second kappa shape index (κ2) is 5.93. The maximum atomic E-state index is 11.2. The zero-order valence-corrected chi connectivity index (χ0v) is 10.8. The first-order valence-electron chi connectivity index (χ1n) is 5.16. The van der Waals surface area contributed by atoms with Gasteiger partial charge in [0.1, 0.15) is 0 Å². The van der Waals surface area contributed by atoms with Crippen LogP contribution in [0.25, 0.3) is 0 Å². The average Bonchev–Trinajstić information content (AvgIpc) is 2.82. The highest BCUT2D eigenvalue weighted by Gasteiger charge is 2.15. The van der Waals surface area contributed by atoms with Gasteiger partial charge in [0.15, 0.2) is 0 Å². The molecule has 0 bridgehead atoms. The van der Waals surface area contributed by atoms with E-state index in [-0.39, 0.29) is 9.70 Å². The Morgan fingerprint density at radius 3 is 2.76 bits per heavy atom. The van der Waals surface area contributed by atoms with E-state index < -0.39 is 0 Å². The fourth-order valence-electron chi connectivity index (χ4n) is 1.59. The van der Waals surface area contributed by atoms with Gasteiger partial charge in [0.25, 0.3) is 0 Å². The van der Waals surface area contributed by atoms with E-state index in [9.17, 15) is 4.79 Å². The summed E-state index contributed by atoms with van der Waals surface area (Å²) in [7, 11) is 0. The Morgan fingerprint density at radius 2 is 2.18 bits per heavy atom. The molecule has 2 aromatic rings. The van der Waals surface area contributed by atoms with Crippen LogP contribution in [0, 0.1) is 0 Å². The summed E-state index contributed by atoms with van der Waals surface area (Å²) in [6, 6.07) is 9.95. The Labute approximate surface area is 110 Å². The second-order valence-corrected chi connectivity index (χ2v) is 5.43. The molecule has 17 heavy (non-hydrogen) atoms. The first-order valence-corrected chi connectivity index (χ1v) is 6.48. The first kappa shape index (κ1) is 12.3. The van der Waals surface area contributed by atoms with Crippen molar-refractivity contribution in [3.05, 3.63) is 54.6 Å². The van der Waals surface area contributed by atoms with Crippen molar-refractivity contribution in [1.82, 2.24) is 9.55 Å². The van der Waals surface area contributed by atoms with Crippen LogP contribution in [-0.2, 0) is 6.54 Å². The van der Waals surface area contributed by atoms with E-state index in [2.05, 4.69) is 17.6 Å². The van der Waals surface area contributed by atoms with Gasteiger partial charge in [-0.25, -0.2) is 4.98 Å². The van der Waals surface area contributed by atoms with Crippen LogP contribution in [-0.4, -0.2) is 14.0 Å². The number of nitrogens with zero attached hydrogens (tertiary/aromatic N) is 2. The van der Waals surface area contributed by atoms with Gasteiger partial charge in [0.2, 0.25) is 4.45 Å². The average molecular weight is 264 g/mol. The molecule has 0 N–H and O–H groups in total. The third kappa shape index (κ3) is 3.64. The molecule has 0 fully saturated rings. The number of thioether (sulfide) groups is 1. The van der Waals surface area contributed by atoms with E-state index in [0.29, 0.717) is 6.54 Å². The summed E-state index contributed by atoms with van der Waals surface area (Å²) < 4.78 is 1.79. The largest absolute Gasteiger partial charge is 0.336 e. The van der Waals surface area contributed by atoms with Gasteiger partial charge in [0.05, 0.1) is 11.6 Å². The minimum absolute atomic E-state index is 0.0652. The minimum atomic E-state index is -0.168. The van der Waals surface area contributed by atoms with Crippen LogP contribution in [0.5, 0.6) is 0 Å². The summed E-state index contributed by atoms with van der Waals surface area (Å²) >= 11 is 5.07. The summed E-state index contributed by atoms with van der Waals surface area (Å²) in [5.74, 6) is 0. The molecule has 0 amide bonds. The number of benzene rings is 1. The molecular weight excluding hydrogens is 252 g/mol. The van der Waals surface area contributed by atoms with Crippen molar-refractivity contribution in [2.45, 2.75) is 11.8 Å². The zero-order valence-electron chi connectivity index (χ0n) is 9.06. The maximum absolute atomic E-state index is 11.2. The molecule has 0 aliphatic carbocycles. The number of carbonyl (C=O) groups excluding carboxylic acids is 1. The van der Waals surface area contributed by atoms with Gasteiger partial charge in [-0.2, -0.15) is 0 Å². The van der Waals surface area contributed by atoms with Crippen LogP contribution in [0.4, 0.5) is 4.79 Å². The predicted octanol–water partition coefficient (Wildman–Crippen LogP) is 3.41. The number of aromatic nitrogens is 2. The summed E-state index contributed by atoms with van der Waals surface area (Å²) in [4.78, 5) is 15.2. The molecule has 88 valence electrons. The molecule has 1 unspecified atom stereocenters. The lowest BCUT2D eigenvalue weighted by Gasteiger charge is -2.15. The van der Waals surface area contributed by atoms with Gasteiger partial charge in [-0.1, -0.05) is 54.7 Å². The standard InChI is InChI=1S/C12H12N2OS2/c15-12(16)17-11(8-14-7-6-13-9-14)10-4-2-1-3-5-10/h1-7,9,11H,8H2,(H,15,16). The molecule has 0 aliphatic heterocycles. The van der Waals surface area contributed by atoms with Crippen molar-refractivity contribution in [3.8, 4) is 0 Å². The number of carbonyl (C=O) groups is 1. The van der Waals surface area contributed by atoms with Crippen LogP contribution < -0.4 is 0 Å². The highest BCUT2D eigenvalue weighted by Crippen LogP contribution is 2.32. The van der Waals surface area contributed by atoms with Crippen molar-refractivity contribution >= 4 is 28.8 Å². The van der Waals surface area contributed by atoms with Crippen molar-refractivity contribution in [2.75, 3.05) is 0 Å². The van der Waals surface area contributed by atoms with Gasteiger partial charge >= 0.3 is 0 Å². The monoisotopic (exact) mass is 264 g/mol. The Hall–Kier alpha value is -1.20. The van der Waals surface area contributed by atoms with E-state index in [1.165, 1.54) is 11.8 Å². The first-order chi connectivity index (χ1) is 8.25. The molecule has 5 heteroatoms. The van der Waals surface area contributed by atoms with E-state index in [1.54, 1.807) is 12.5 Å². The van der Waals surface area contributed by atoms with E-state index >= 15 is 0 Å². The van der Waals surface area contributed by atoms with Crippen LogP contribution >= 0.6 is 24.4 Å². The summed E-state index contributed by atoms with van der Waals surface area (Å²) in [5, 5.41) is 0.0652. The van der Waals surface area contributed by atoms with Crippen LogP contribution in [0.1, 0.15) is 10.8 Å². The van der Waals surface area contributed by atoms with Crippen LogP contribution in [0.2, 0.25) is 0 Å². The second-order valence-electron chi connectivity index (χ2n) is 3.54. The number of imidazole rings is 1. The lowest BCUT2D eigenvalue weighted by molar-refractivity contribution is 0.276. The SMILES string of the molecule is O=C(S)SC(Cn1ccnc1)c1ccccc1. The number of rotatable bonds is 4. The third-order valence-electron chi connectivity index (χ3n) is 2.35. The molecule has 1 heterocycles. The lowest BCUT2D eigenvalue weighted by atomic mass is 10.1. The molecule has 0 saturated carbocycles. The Kier molecular flexibility index (Phi) is 4.28. The maximum Gasteiger partial charge on any atom is 0.243 e. The van der Waals surface area contributed by atoms with E-state index in [4.69, 9.17) is 0 Å². The number of thiol groups is 1. The molecule has 1 atom stereocenters. The lowest BCUT2D eigenvalue weighted by Crippen LogP contribution is -2.05. The molecule has 0 saturated heterocycles. The van der Waals surface area contributed by atoms with Crippen molar-refractivity contribution in [2.24, 2.45) is 0 Å². The van der Waals surface area contributed by atoms with E-state index in [1.807, 2.05) is 41.1 Å². The minimum Gasteiger partial charge on any atom is -0.336 e. The Balaban J connectivity index is 2.16. The molecule has 1 aromatic carbocycles. The zero-order chi connectivity index (χ0) is 12.1. The fraction of sp³-hybridized carbons (Fsp3) is 0.167. The van der Waals surface area contributed by atoms with Gasteiger partial charge in [0, 0.05) is 18.9 Å². The van der Waals surface area contributed by atoms with Crippen LogP contribution in [0.15, 0.2) is 49.1 Å². The normalized spacial score (nSPS) is 12.3. The molecule has 0 radical (unpaired) electrons. The molecular formula is C12H12N2OS2. The van der Waals surface area contributed by atoms with Gasteiger partial charge < -0.3 is 4.57 Å². The molecule has 1 aromatic heterocycles. The van der Waals surface area contributed by atoms with Gasteiger partial charge in [-0.05, 0) is 5.56 Å². The highest BCUT2D eigenvalue weighted by atomic mass is 32.2. The molecule has 2 rings (SSSR count). The number of hydrogen-bond donors (Lipinski definition) is 1. The summed E-state index contributed by atoms with van der Waals surface area (Å²) in [6.45, 7) is 0.709. The van der Waals surface area contributed by atoms with E-state index in [0.717, 1.165) is 5.56 Å². The van der Waals surface area contributed by atoms with Gasteiger partial charge in [-0.3, -0.25) is 4.79 Å². The third-order valence-corrected chi connectivity index (χ3v) is 3.57. The predicted molar refractivity (Wildman–Crippen MR) is 73.4 cm³/mol. The van der Waals surface area contributed by atoms with Crippen LogP contribution in [0.3, 0.4) is 0 Å². The van der Waals surface area contributed by atoms with Crippen molar-refractivity contribution in [3.63, 3.8) is 0 Å². The topological polar surface area (TPSA) is 34.9 Å².